The molecule has 0 saturated carbocycles. The van der Waals surface area contributed by atoms with Crippen molar-refractivity contribution in [1.29, 1.82) is 0 Å². The predicted molar refractivity (Wildman–Crippen MR) is 73.1 cm³/mol. The van der Waals surface area contributed by atoms with Gasteiger partial charge >= 0.3 is 0 Å². The van der Waals surface area contributed by atoms with Crippen molar-refractivity contribution in [2.75, 3.05) is 0 Å². The van der Waals surface area contributed by atoms with Crippen LogP contribution in [0.4, 0.5) is 5.69 Å². The molecular formula is C15H12N2O3. The highest BCUT2D eigenvalue weighted by molar-refractivity contribution is 5.99. The summed E-state index contributed by atoms with van der Waals surface area (Å²) in [5, 5.41) is 11.0. The van der Waals surface area contributed by atoms with Crippen molar-refractivity contribution < 1.29 is 9.72 Å². The van der Waals surface area contributed by atoms with E-state index >= 15 is 0 Å². The summed E-state index contributed by atoms with van der Waals surface area (Å²) >= 11 is 0. The molecule has 5 nitrogen and oxygen atoms in total. The second-order valence-electron chi connectivity index (χ2n) is 4.71. The largest absolute Gasteiger partial charge is 0.330 e. The normalized spacial score (nSPS) is 13.4. The third kappa shape index (κ3) is 2.03. The molecule has 0 spiro atoms. The van der Waals surface area contributed by atoms with Crippen LogP contribution < -0.4 is 0 Å². The van der Waals surface area contributed by atoms with E-state index < -0.39 is 4.92 Å². The molecule has 1 aliphatic heterocycles. The fourth-order valence-electron chi connectivity index (χ4n) is 2.48. The van der Waals surface area contributed by atoms with Gasteiger partial charge in [-0.25, -0.2) is 0 Å². The number of carbonyl (C=O) groups is 1. The van der Waals surface area contributed by atoms with Gasteiger partial charge in [0.2, 0.25) is 0 Å². The van der Waals surface area contributed by atoms with Crippen LogP contribution in [0.25, 0.3) is 0 Å². The molecule has 0 unspecified atom stereocenters. The molecule has 20 heavy (non-hydrogen) atoms. The molecule has 2 aromatic carbocycles. The molecule has 0 atom stereocenters. The fraction of sp³-hybridized carbons (Fsp3) is 0.133. The first-order valence-corrected chi connectivity index (χ1v) is 6.26. The first-order chi connectivity index (χ1) is 9.66. The zero-order chi connectivity index (χ0) is 14.1. The highest BCUT2D eigenvalue weighted by Gasteiger charge is 2.32. The third-order valence-corrected chi connectivity index (χ3v) is 3.43. The number of hydrogen-bond acceptors (Lipinski definition) is 3. The Hall–Kier alpha value is -2.69. The SMILES string of the molecule is O=C1c2cccc([N+](=O)[O-])c2CN1Cc1ccccc1. The van der Waals surface area contributed by atoms with Gasteiger partial charge in [-0.05, 0) is 11.6 Å². The van der Waals surface area contributed by atoms with Crippen LogP contribution in [0.15, 0.2) is 48.5 Å². The number of nitro benzene ring substituents is 1. The summed E-state index contributed by atoms with van der Waals surface area (Å²) in [6, 6.07) is 14.2. The van der Waals surface area contributed by atoms with Gasteiger partial charge in [0.15, 0.2) is 0 Å². The van der Waals surface area contributed by atoms with E-state index in [4.69, 9.17) is 0 Å². The molecule has 100 valence electrons. The first kappa shape index (κ1) is 12.3. The lowest BCUT2D eigenvalue weighted by atomic mass is 10.1. The lowest BCUT2D eigenvalue weighted by Gasteiger charge is -2.15. The van der Waals surface area contributed by atoms with Crippen LogP contribution in [0.3, 0.4) is 0 Å². The molecule has 3 rings (SSSR count). The van der Waals surface area contributed by atoms with Crippen LogP contribution in [0.5, 0.6) is 0 Å². The maximum Gasteiger partial charge on any atom is 0.275 e. The Kier molecular flexibility index (Phi) is 2.95. The minimum atomic E-state index is -0.432. The zero-order valence-electron chi connectivity index (χ0n) is 10.7. The number of carbonyl (C=O) groups excluding carboxylic acids is 1. The third-order valence-electron chi connectivity index (χ3n) is 3.43. The van der Waals surface area contributed by atoms with Gasteiger partial charge in [0.25, 0.3) is 11.6 Å². The van der Waals surface area contributed by atoms with E-state index in [1.807, 2.05) is 30.3 Å². The quantitative estimate of drug-likeness (QED) is 0.635. The van der Waals surface area contributed by atoms with Crippen molar-refractivity contribution >= 4 is 11.6 Å². The van der Waals surface area contributed by atoms with Crippen LogP contribution in [-0.2, 0) is 13.1 Å². The molecule has 1 aliphatic rings. The molecule has 0 fully saturated rings. The maximum absolute atomic E-state index is 12.3. The van der Waals surface area contributed by atoms with Gasteiger partial charge in [0, 0.05) is 12.6 Å². The van der Waals surface area contributed by atoms with Crippen molar-refractivity contribution in [2.45, 2.75) is 13.1 Å². The summed E-state index contributed by atoms with van der Waals surface area (Å²) in [4.78, 5) is 24.5. The number of hydrogen-bond donors (Lipinski definition) is 0. The highest BCUT2D eigenvalue weighted by atomic mass is 16.6. The number of amides is 1. The zero-order valence-corrected chi connectivity index (χ0v) is 10.7. The number of fused-ring (bicyclic) bond motifs is 1. The Bertz CT molecular complexity index is 683. The molecular weight excluding hydrogens is 256 g/mol. The Morgan fingerprint density at radius 3 is 2.55 bits per heavy atom. The molecule has 0 saturated heterocycles. The molecule has 0 bridgehead atoms. The van der Waals surface area contributed by atoms with Crippen molar-refractivity contribution in [3.8, 4) is 0 Å². The van der Waals surface area contributed by atoms with Gasteiger partial charge < -0.3 is 4.90 Å². The monoisotopic (exact) mass is 268 g/mol. The van der Waals surface area contributed by atoms with E-state index in [-0.39, 0.29) is 11.6 Å². The number of nitro groups is 1. The van der Waals surface area contributed by atoms with Gasteiger partial charge in [0.05, 0.1) is 22.6 Å². The summed E-state index contributed by atoms with van der Waals surface area (Å²) in [5.74, 6) is -0.146. The molecule has 0 aliphatic carbocycles. The van der Waals surface area contributed by atoms with Gasteiger partial charge in [-0.2, -0.15) is 0 Å². The molecule has 0 N–H and O–H groups in total. The number of nitrogens with zero attached hydrogens (tertiary/aromatic N) is 2. The van der Waals surface area contributed by atoms with E-state index in [1.165, 1.54) is 6.07 Å². The van der Waals surface area contributed by atoms with E-state index in [1.54, 1.807) is 17.0 Å². The standard InChI is InChI=1S/C15H12N2O3/c18-15-12-7-4-8-14(17(19)20)13(12)10-16(15)9-11-5-2-1-3-6-11/h1-8H,9-10H2. The van der Waals surface area contributed by atoms with Crippen molar-refractivity contribution in [1.82, 2.24) is 4.90 Å². The Morgan fingerprint density at radius 1 is 1.10 bits per heavy atom. The number of benzene rings is 2. The highest BCUT2D eigenvalue weighted by Crippen LogP contribution is 2.31. The van der Waals surface area contributed by atoms with Crippen molar-refractivity contribution in [2.24, 2.45) is 0 Å². The van der Waals surface area contributed by atoms with Crippen LogP contribution in [0.1, 0.15) is 21.5 Å². The summed E-state index contributed by atoms with van der Waals surface area (Å²) in [7, 11) is 0. The fourth-order valence-corrected chi connectivity index (χ4v) is 2.48. The Balaban J connectivity index is 1.91. The minimum absolute atomic E-state index is 0.0198. The Morgan fingerprint density at radius 2 is 1.85 bits per heavy atom. The summed E-state index contributed by atoms with van der Waals surface area (Å²) < 4.78 is 0. The second-order valence-corrected chi connectivity index (χ2v) is 4.71. The van der Waals surface area contributed by atoms with Crippen LogP contribution >= 0.6 is 0 Å². The molecule has 0 radical (unpaired) electrons. The maximum atomic E-state index is 12.3. The topological polar surface area (TPSA) is 63.4 Å². The van der Waals surface area contributed by atoms with Crippen LogP contribution in [0, 0.1) is 10.1 Å². The average molecular weight is 268 g/mol. The van der Waals surface area contributed by atoms with E-state index in [0.717, 1.165) is 5.56 Å². The molecule has 1 heterocycles. The van der Waals surface area contributed by atoms with E-state index in [2.05, 4.69) is 0 Å². The smallest absolute Gasteiger partial charge is 0.275 e. The average Bonchev–Trinajstić information content (AvgIpc) is 2.77. The predicted octanol–water partition coefficient (Wildman–Crippen LogP) is 2.75. The van der Waals surface area contributed by atoms with Gasteiger partial charge in [-0.15, -0.1) is 0 Å². The number of rotatable bonds is 3. The molecule has 5 heteroatoms. The molecule has 0 aromatic heterocycles. The van der Waals surface area contributed by atoms with Crippen molar-refractivity contribution in [3.05, 3.63) is 75.3 Å². The van der Waals surface area contributed by atoms with Gasteiger partial charge in [0.1, 0.15) is 0 Å². The molecule has 2 aromatic rings. The van der Waals surface area contributed by atoms with Crippen molar-refractivity contribution in [3.63, 3.8) is 0 Å². The first-order valence-electron chi connectivity index (χ1n) is 6.26. The van der Waals surface area contributed by atoms with Crippen LogP contribution in [0.2, 0.25) is 0 Å². The van der Waals surface area contributed by atoms with E-state index in [0.29, 0.717) is 24.2 Å². The lowest BCUT2D eigenvalue weighted by molar-refractivity contribution is -0.385. The summed E-state index contributed by atoms with van der Waals surface area (Å²) in [5.41, 5.74) is 1.98. The lowest BCUT2D eigenvalue weighted by Crippen LogP contribution is -2.23. The second kappa shape index (κ2) is 4.77. The molecule has 1 amide bonds. The van der Waals surface area contributed by atoms with Gasteiger partial charge in [-0.1, -0.05) is 36.4 Å². The van der Waals surface area contributed by atoms with Gasteiger partial charge in [-0.3, -0.25) is 14.9 Å². The minimum Gasteiger partial charge on any atom is -0.330 e. The van der Waals surface area contributed by atoms with E-state index in [9.17, 15) is 14.9 Å². The summed E-state index contributed by atoms with van der Waals surface area (Å²) in [6.07, 6.45) is 0. The van der Waals surface area contributed by atoms with Crippen LogP contribution in [-0.4, -0.2) is 15.7 Å². The summed E-state index contributed by atoms with van der Waals surface area (Å²) in [6.45, 7) is 0.756. The Labute approximate surface area is 115 Å².